The van der Waals surface area contributed by atoms with Crippen molar-refractivity contribution in [1.82, 2.24) is 4.98 Å². The van der Waals surface area contributed by atoms with E-state index in [1.54, 1.807) is 19.4 Å². The number of nitrogens with zero attached hydrogens (tertiary/aromatic N) is 2. The fourth-order valence-electron chi connectivity index (χ4n) is 2.60. The van der Waals surface area contributed by atoms with Gasteiger partial charge in [-0.2, -0.15) is 0 Å². The van der Waals surface area contributed by atoms with E-state index >= 15 is 0 Å². The molecule has 1 aliphatic rings. The monoisotopic (exact) mass is 369 g/mol. The van der Waals surface area contributed by atoms with Crippen LogP contribution in [0.25, 0.3) is 6.08 Å². The molecule has 0 radical (unpaired) electrons. The predicted octanol–water partition coefficient (Wildman–Crippen LogP) is 2.55. The molecule has 27 heavy (non-hydrogen) atoms. The van der Waals surface area contributed by atoms with Crippen LogP contribution in [0, 0.1) is 0 Å². The number of rotatable bonds is 7. The maximum atomic E-state index is 12.1. The Hall–Kier alpha value is -2.90. The molecule has 1 aromatic carbocycles. The number of hydrogen-bond donors (Lipinski definition) is 1. The lowest BCUT2D eigenvalue weighted by Crippen LogP contribution is -2.36. The minimum absolute atomic E-state index is 0.204. The van der Waals surface area contributed by atoms with Gasteiger partial charge in [0.2, 0.25) is 5.91 Å². The Labute approximate surface area is 158 Å². The second kappa shape index (κ2) is 9.70. The maximum Gasteiger partial charge on any atom is 0.248 e. The van der Waals surface area contributed by atoms with Gasteiger partial charge in [-0.3, -0.25) is 4.79 Å². The van der Waals surface area contributed by atoms with Crippen LogP contribution < -0.4 is 15.0 Å². The number of morpholine rings is 1. The molecule has 0 saturated carbocycles. The SMILES string of the molecule is COCOc1ccc(/C=C/C(=O)Nc2ccc(N3CCOCC3)nc2)cc1. The van der Waals surface area contributed by atoms with Crippen LogP contribution in [-0.2, 0) is 14.3 Å². The number of carbonyl (C=O) groups excluding carboxylic acids is 1. The molecule has 1 amide bonds. The van der Waals surface area contributed by atoms with Gasteiger partial charge in [-0.1, -0.05) is 12.1 Å². The van der Waals surface area contributed by atoms with E-state index in [0.29, 0.717) is 24.7 Å². The van der Waals surface area contributed by atoms with Crippen LogP contribution in [0.1, 0.15) is 5.56 Å². The third kappa shape index (κ3) is 5.80. The highest BCUT2D eigenvalue weighted by Gasteiger charge is 2.12. The lowest BCUT2D eigenvalue weighted by atomic mass is 10.2. The van der Waals surface area contributed by atoms with Crippen LogP contribution in [-0.4, -0.2) is 51.1 Å². The molecular weight excluding hydrogens is 346 g/mol. The standard InChI is InChI=1S/C20H23N3O4/c1-25-15-27-18-6-2-16(3-7-18)4-9-20(24)22-17-5-8-19(21-14-17)23-10-12-26-13-11-23/h2-9,14H,10-13,15H2,1H3,(H,22,24)/b9-4+. The average molecular weight is 369 g/mol. The van der Waals surface area contributed by atoms with Gasteiger partial charge < -0.3 is 24.4 Å². The Morgan fingerprint density at radius 2 is 2.00 bits per heavy atom. The van der Waals surface area contributed by atoms with E-state index in [1.165, 1.54) is 6.08 Å². The van der Waals surface area contributed by atoms with Crippen molar-refractivity contribution in [3.05, 3.63) is 54.2 Å². The summed E-state index contributed by atoms with van der Waals surface area (Å²) in [6.45, 7) is 3.29. The van der Waals surface area contributed by atoms with Gasteiger partial charge in [-0.25, -0.2) is 4.98 Å². The molecule has 1 aromatic heterocycles. The van der Waals surface area contributed by atoms with Gasteiger partial charge >= 0.3 is 0 Å². The van der Waals surface area contributed by atoms with E-state index in [1.807, 2.05) is 36.4 Å². The van der Waals surface area contributed by atoms with Crippen molar-refractivity contribution in [2.75, 3.05) is 50.4 Å². The first-order valence-corrected chi connectivity index (χ1v) is 8.74. The normalized spacial score (nSPS) is 14.3. The van der Waals surface area contributed by atoms with E-state index in [9.17, 15) is 4.79 Å². The van der Waals surface area contributed by atoms with Gasteiger partial charge in [-0.05, 0) is 35.9 Å². The third-order valence-corrected chi connectivity index (χ3v) is 4.00. The number of hydrogen-bond acceptors (Lipinski definition) is 6. The van der Waals surface area contributed by atoms with Crippen LogP contribution in [0.15, 0.2) is 48.7 Å². The summed E-state index contributed by atoms with van der Waals surface area (Å²) in [6.07, 6.45) is 4.89. The molecule has 7 heteroatoms. The number of aromatic nitrogens is 1. The van der Waals surface area contributed by atoms with Crippen molar-refractivity contribution in [3.8, 4) is 5.75 Å². The van der Waals surface area contributed by atoms with Gasteiger partial charge in [0.25, 0.3) is 0 Å². The second-order valence-electron chi connectivity index (χ2n) is 5.95. The molecule has 1 fully saturated rings. The summed E-state index contributed by atoms with van der Waals surface area (Å²) in [4.78, 5) is 18.7. The van der Waals surface area contributed by atoms with E-state index in [-0.39, 0.29) is 12.7 Å². The summed E-state index contributed by atoms with van der Waals surface area (Å²) < 4.78 is 15.5. The van der Waals surface area contributed by atoms with Crippen LogP contribution in [0.3, 0.4) is 0 Å². The second-order valence-corrected chi connectivity index (χ2v) is 5.95. The Bertz CT molecular complexity index is 754. The molecule has 0 spiro atoms. The Balaban J connectivity index is 1.51. The minimum Gasteiger partial charge on any atom is -0.468 e. The molecule has 2 aromatic rings. The van der Waals surface area contributed by atoms with Crippen molar-refractivity contribution in [2.45, 2.75) is 0 Å². The van der Waals surface area contributed by atoms with Crippen LogP contribution in [0.2, 0.25) is 0 Å². The first-order chi connectivity index (χ1) is 13.2. The molecule has 0 bridgehead atoms. The number of pyridine rings is 1. The number of ether oxygens (including phenoxy) is 3. The van der Waals surface area contributed by atoms with Crippen LogP contribution >= 0.6 is 0 Å². The third-order valence-electron chi connectivity index (χ3n) is 4.00. The number of amides is 1. The summed E-state index contributed by atoms with van der Waals surface area (Å²) >= 11 is 0. The molecule has 3 rings (SSSR count). The molecule has 142 valence electrons. The number of benzene rings is 1. The first-order valence-electron chi connectivity index (χ1n) is 8.74. The highest BCUT2D eigenvalue weighted by atomic mass is 16.7. The number of nitrogens with one attached hydrogen (secondary N) is 1. The first kappa shape index (κ1) is 18.9. The molecule has 1 aliphatic heterocycles. The summed E-state index contributed by atoms with van der Waals surface area (Å²) in [5.41, 5.74) is 1.56. The van der Waals surface area contributed by atoms with Gasteiger partial charge in [-0.15, -0.1) is 0 Å². The molecule has 0 atom stereocenters. The molecule has 0 aliphatic carbocycles. The molecule has 0 unspecified atom stereocenters. The highest BCUT2D eigenvalue weighted by Crippen LogP contribution is 2.16. The topological polar surface area (TPSA) is 72.9 Å². The maximum absolute atomic E-state index is 12.1. The van der Waals surface area contributed by atoms with Crippen molar-refractivity contribution in [3.63, 3.8) is 0 Å². The predicted molar refractivity (Wildman–Crippen MR) is 104 cm³/mol. The largest absolute Gasteiger partial charge is 0.468 e. The number of methoxy groups -OCH3 is 1. The average Bonchev–Trinajstić information content (AvgIpc) is 2.73. The highest BCUT2D eigenvalue weighted by molar-refractivity contribution is 6.01. The molecule has 1 N–H and O–H groups in total. The van der Waals surface area contributed by atoms with Crippen LogP contribution in [0.4, 0.5) is 11.5 Å². The quantitative estimate of drug-likeness (QED) is 0.597. The fraction of sp³-hybridized carbons (Fsp3) is 0.300. The van der Waals surface area contributed by atoms with Crippen molar-refractivity contribution in [2.24, 2.45) is 0 Å². The van der Waals surface area contributed by atoms with Crippen molar-refractivity contribution in [1.29, 1.82) is 0 Å². The summed E-state index contributed by atoms with van der Waals surface area (Å²) in [6, 6.07) is 11.1. The lowest BCUT2D eigenvalue weighted by molar-refractivity contribution is -0.111. The van der Waals surface area contributed by atoms with E-state index < -0.39 is 0 Å². The lowest BCUT2D eigenvalue weighted by Gasteiger charge is -2.27. The van der Waals surface area contributed by atoms with Gasteiger partial charge in [0, 0.05) is 26.3 Å². The van der Waals surface area contributed by atoms with E-state index in [4.69, 9.17) is 14.2 Å². The van der Waals surface area contributed by atoms with Gasteiger partial charge in [0.15, 0.2) is 6.79 Å². The van der Waals surface area contributed by atoms with Crippen LogP contribution in [0.5, 0.6) is 5.75 Å². The summed E-state index contributed by atoms with van der Waals surface area (Å²) in [7, 11) is 1.57. The molecular formula is C20H23N3O4. The van der Waals surface area contributed by atoms with Crippen molar-refractivity contribution < 1.29 is 19.0 Å². The van der Waals surface area contributed by atoms with Gasteiger partial charge in [0.1, 0.15) is 11.6 Å². The zero-order valence-electron chi connectivity index (χ0n) is 15.3. The number of anilines is 2. The Kier molecular flexibility index (Phi) is 6.78. The van der Waals surface area contributed by atoms with E-state index in [0.717, 1.165) is 24.5 Å². The zero-order chi connectivity index (χ0) is 18.9. The summed E-state index contributed by atoms with van der Waals surface area (Å²) in [5.74, 6) is 1.39. The zero-order valence-corrected chi connectivity index (χ0v) is 15.3. The molecule has 1 saturated heterocycles. The minimum atomic E-state index is -0.212. The van der Waals surface area contributed by atoms with E-state index in [2.05, 4.69) is 15.2 Å². The van der Waals surface area contributed by atoms with Gasteiger partial charge in [0.05, 0.1) is 25.1 Å². The van der Waals surface area contributed by atoms with Crippen molar-refractivity contribution >= 4 is 23.5 Å². The number of carbonyl (C=O) groups is 1. The smallest absolute Gasteiger partial charge is 0.248 e. The Morgan fingerprint density at radius 3 is 2.67 bits per heavy atom. The summed E-state index contributed by atoms with van der Waals surface area (Å²) in [5, 5.41) is 2.81. The molecule has 2 heterocycles. The Morgan fingerprint density at radius 1 is 1.22 bits per heavy atom. The molecule has 7 nitrogen and oxygen atoms in total. The fourth-order valence-corrected chi connectivity index (χ4v) is 2.60.